The summed E-state index contributed by atoms with van der Waals surface area (Å²) in [6.07, 6.45) is 2.93. The summed E-state index contributed by atoms with van der Waals surface area (Å²) in [5.74, 6) is -0.563. The molecule has 0 aliphatic carbocycles. The van der Waals surface area contributed by atoms with Gasteiger partial charge in [0.05, 0.1) is 0 Å². The van der Waals surface area contributed by atoms with Crippen LogP contribution in [0.3, 0.4) is 0 Å². The molecule has 0 aliphatic heterocycles. The van der Waals surface area contributed by atoms with Gasteiger partial charge in [0.2, 0.25) is 0 Å². The topological polar surface area (TPSA) is 38.9 Å². The van der Waals surface area contributed by atoms with Crippen LogP contribution >= 0.6 is 11.6 Å². The van der Waals surface area contributed by atoms with E-state index in [0.29, 0.717) is 5.56 Å². The lowest BCUT2D eigenvalue weighted by Crippen LogP contribution is -2.07. The van der Waals surface area contributed by atoms with E-state index < -0.39 is 11.9 Å². The molecule has 0 aliphatic rings. The molecule has 1 heterocycles. The standard InChI is InChI=1S/C8H8ClFN2/c1-2-7(11)5-3-6(10)8(9)12-4-5/h2-4,7H,1,11H2/t7-/m1/s1. The lowest BCUT2D eigenvalue weighted by atomic mass is 10.1. The van der Waals surface area contributed by atoms with Crippen molar-refractivity contribution in [1.29, 1.82) is 0 Å². The normalized spacial score (nSPS) is 12.6. The highest BCUT2D eigenvalue weighted by Gasteiger charge is 2.05. The summed E-state index contributed by atoms with van der Waals surface area (Å²) in [6.45, 7) is 3.48. The van der Waals surface area contributed by atoms with E-state index in [1.165, 1.54) is 18.3 Å². The minimum atomic E-state index is -0.563. The average molecular weight is 187 g/mol. The third-order valence-electron chi connectivity index (χ3n) is 1.46. The Labute approximate surface area is 74.9 Å². The van der Waals surface area contributed by atoms with E-state index >= 15 is 0 Å². The van der Waals surface area contributed by atoms with E-state index in [0.717, 1.165) is 0 Å². The molecule has 0 bridgehead atoms. The van der Waals surface area contributed by atoms with Gasteiger partial charge in [-0.05, 0) is 11.6 Å². The Bertz CT molecular complexity index is 301. The predicted octanol–water partition coefficient (Wildman–Crippen LogP) is 2.06. The van der Waals surface area contributed by atoms with Gasteiger partial charge in [-0.2, -0.15) is 0 Å². The lowest BCUT2D eigenvalue weighted by molar-refractivity contribution is 0.617. The van der Waals surface area contributed by atoms with Gasteiger partial charge in [0, 0.05) is 12.2 Å². The zero-order valence-electron chi connectivity index (χ0n) is 6.30. The first-order valence-corrected chi connectivity index (χ1v) is 3.72. The number of nitrogens with zero attached hydrogens (tertiary/aromatic N) is 1. The van der Waals surface area contributed by atoms with E-state index in [4.69, 9.17) is 17.3 Å². The van der Waals surface area contributed by atoms with Crippen LogP contribution in [-0.4, -0.2) is 4.98 Å². The van der Waals surface area contributed by atoms with Crippen LogP contribution in [0.2, 0.25) is 5.15 Å². The molecule has 64 valence electrons. The van der Waals surface area contributed by atoms with Crippen LogP contribution in [0, 0.1) is 5.82 Å². The zero-order valence-corrected chi connectivity index (χ0v) is 7.05. The summed E-state index contributed by atoms with van der Waals surface area (Å²) in [4.78, 5) is 3.61. The molecule has 4 heteroatoms. The van der Waals surface area contributed by atoms with E-state index in [1.807, 2.05) is 0 Å². The predicted molar refractivity (Wildman–Crippen MR) is 46.3 cm³/mol. The third-order valence-corrected chi connectivity index (χ3v) is 1.73. The minimum absolute atomic E-state index is 0.144. The Morgan fingerprint density at radius 3 is 2.92 bits per heavy atom. The number of aromatic nitrogens is 1. The molecule has 0 saturated carbocycles. The van der Waals surface area contributed by atoms with Crippen LogP contribution < -0.4 is 5.73 Å². The number of hydrogen-bond acceptors (Lipinski definition) is 2. The molecule has 1 rings (SSSR count). The second-order valence-electron chi connectivity index (χ2n) is 2.30. The highest BCUT2D eigenvalue weighted by Crippen LogP contribution is 2.16. The van der Waals surface area contributed by atoms with Gasteiger partial charge in [-0.15, -0.1) is 6.58 Å². The first-order valence-electron chi connectivity index (χ1n) is 3.34. The van der Waals surface area contributed by atoms with E-state index in [1.54, 1.807) is 0 Å². The Morgan fingerprint density at radius 2 is 2.42 bits per heavy atom. The van der Waals surface area contributed by atoms with Crippen molar-refractivity contribution in [2.75, 3.05) is 0 Å². The Balaban J connectivity index is 3.04. The number of halogens is 2. The summed E-state index contributed by atoms with van der Waals surface area (Å²) in [5, 5.41) is -0.144. The summed E-state index contributed by atoms with van der Waals surface area (Å²) < 4.78 is 12.8. The molecule has 0 spiro atoms. The van der Waals surface area contributed by atoms with Gasteiger partial charge in [0.1, 0.15) is 0 Å². The number of nitrogens with two attached hydrogens (primary N) is 1. The fourth-order valence-corrected chi connectivity index (χ4v) is 0.858. The largest absolute Gasteiger partial charge is 0.321 e. The van der Waals surface area contributed by atoms with Crippen molar-refractivity contribution in [3.05, 3.63) is 41.5 Å². The first kappa shape index (κ1) is 9.16. The van der Waals surface area contributed by atoms with Crippen LogP contribution in [0.15, 0.2) is 24.9 Å². The van der Waals surface area contributed by atoms with Crippen molar-refractivity contribution in [1.82, 2.24) is 4.98 Å². The molecule has 2 N–H and O–H groups in total. The van der Waals surface area contributed by atoms with E-state index in [2.05, 4.69) is 11.6 Å². The van der Waals surface area contributed by atoms with Gasteiger partial charge >= 0.3 is 0 Å². The van der Waals surface area contributed by atoms with E-state index in [-0.39, 0.29) is 5.15 Å². The second kappa shape index (κ2) is 3.65. The van der Waals surface area contributed by atoms with Gasteiger partial charge in [-0.1, -0.05) is 17.7 Å². The molecule has 2 nitrogen and oxygen atoms in total. The van der Waals surface area contributed by atoms with Gasteiger partial charge < -0.3 is 5.73 Å². The van der Waals surface area contributed by atoms with Gasteiger partial charge in [-0.25, -0.2) is 9.37 Å². The van der Waals surface area contributed by atoms with Crippen molar-refractivity contribution in [3.8, 4) is 0 Å². The molecule has 1 atom stereocenters. The van der Waals surface area contributed by atoms with E-state index in [9.17, 15) is 4.39 Å². The quantitative estimate of drug-likeness (QED) is 0.567. The van der Waals surface area contributed by atoms with Crippen LogP contribution in [-0.2, 0) is 0 Å². The molecular formula is C8H8ClFN2. The lowest BCUT2D eigenvalue weighted by Gasteiger charge is -2.05. The minimum Gasteiger partial charge on any atom is -0.321 e. The highest BCUT2D eigenvalue weighted by atomic mass is 35.5. The molecule has 0 amide bonds. The monoisotopic (exact) mass is 186 g/mol. The maximum absolute atomic E-state index is 12.8. The molecule has 0 unspecified atom stereocenters. The van der Waals surface area contributed by atoms with Gasteiger partial charge in [0.25, 0.3) is 0 Å². The fraction of sp³-hybridized carbons (Fsp3) is 0.125. The Morgan fingerprint density at radius 1 is 1.75 bits per heavy atom. The molecule has 1 aromatic rings. The van der Waals surface area contributed by atoms with Crippen molar-refractivity contribution in [3.63, 3.8) is 0 Å². The molecule has 0 aromatic carbocycles. The van der Waals surface area contributed by atoms with Crippen LogP contribution in [0.4, 0.5) is 4.39 Å². The third kappa shape index (κ3) is 1.81. The molecule has 12 heavy (non-hydrogen) atoms. The smallest absolute Gasteiger partial charge is 0.164 e. The summed E-state index contributed by atoms with van der Waals surface area (Å²) >= 11 is 5.38. The van der Waals surface area contributed by atoms with Crippen molar-refractivity contribution >= 4 is 11.6 Å². The van der Waals surface area contributed by atoms with Crippen molar-refractivity contribution in [2.45, 2.75) is 6.04 Å². The van der Waals surface area contributed by atoms with Crippen LogP contribution in [0.1, 0.15) is 11.6 Å². The molecule has 0 fully saturated rings. The fourth-order valence-electron chi connectivity index (χ4n) is 0.754. The highest BCUT2D eigenvalue weighted by molar-refractivity contribution is 6.29. The molecule has 0 saturated heterocycles. The summed E-state index contributed by atoms with van der Waals surface area (Å²) in [6, 6.07) is 0.853. The zero-order chi connectivity index (χ0) is 9.14. The Hall–Kier alpha value is -0.930. The maximum atomic E-state index is 12.8. The number of hydrogen-bond donors (Lipinski definition) is 1. The van der Waals surface area contributed by atoms with Crippen molar-refractivity contribution < 1.29 is 4.39 Å². The summed E-state index contributed by atoms with van der Waals surface area (Å²) in [5.41, 5.74) is 6.11. The second-order valence-corrected chi connectivity index (χ2v) is 2.66. The molecule has 1 aromatic heterocycles. The van der Waals surface area contributed by atoms with Gasteiger partial charge in [-0.3, -0.25) is 0 Å². The van der Waals surface area contributed by atoms with Gasteiger partial charge in [0.15, 0.2) is 11.0 Å². The number of rotatable bonds is 2. The van der Waals surface area contributed by atoms with Crippen molar-refractivity contribution in [2.24, 2.45) is 5.73 Å². The summed E-state index contributed by atoms with van der Waals surface area (Å²) in [7, 11) is 0. The SMILES string of the molecule is C=C[C@@H](N)c1cnc(Cl)c(F)c1. The average Bonchev–Trinajstić information content (AvgIpc) is 2.08. The Kier molecular flexibility index (Phi) is 2.78. The molecular weight excluding hydrogens is 179 g/mol. The molecule has 0 radical (unpaired) electrons. The first-order chi connectivity index (χ1) is 5.65. The van der Waals surface area contributed by atoms with Crippen LogP contribution in [0.25, 0.3) is 0 Å². The number of pyridine rings is 1. The van der Waals surface area contributed by atoms with Crippen LogP contribution in [0.5, 0.6) is 0 Å². The maximum Gasteiger partial charge on any atom is 0.164 e.